The lowest BCUT2D eigenvalue weighted by Crippen LogP contribution is -2.78. The molecule has 4 saturated carbocycles. The van der Waals surface area contributed by atoms with Crippen LogP contribution in [-0.4, -0.2) is 17.6 Å². The van der Waals surface area contributed by atoms with E-state index in [-0.39, 0.29) is 4.87 Å². The molecule has 1 aliphatic heterocycles. The van der Waals surface area contributed by atoms with Gasteiger partial charge in [0.25, 0.3) is 5.79 Å². The average molecular weight is 383 g/mol. The molecular weight excluding hydrogens is 359 g/mol. The largest absolute Gasteiger partial charge is 0.345 e. The van der Waals surface area contributed by atoms with Crippen molar-refractivity contribution in [3.63, 3.8) is 0 Å². The van der Waals surface area contributed by atoms with E-state index < -0.39 is 11.4 Å². The molecule has 4 bridgehead atoms. The number of hydrogen-bond donors (Lipinski definition) is 0. The molecule has 25 heavy (non-hydrogen) atoms. The highest BCUT2D eigenvalue weighted by atomic mass is 35.5. The Balaban J connectivity index is 1.64. The normalized spacial score (nSPS) is 47.3. The summed E-state index contributed by atoms with van der Waals surface area (Å²) < 4.78 is 6.09. The van der Waals surface area contributed by atoms with E-state index >= 15 is 0 Å². The topological polar surface area (TPSA) is 27.7 Å². The molecule has 0 radical (unpaired) electrons. The van der Waals surface area contributed by atoms with Crippen molar-refractivity contribution in [2.24, 2.45) is 17.8 Å². The van der Waals surface area contributed by atoms with Gasteiger partial charge in [-0.25, -0.2) is 4.89 Å². The molecule has 0 amide bonds. The maximum atomic E-state index is 6.94. The van der Waals surface area contributed by atoms with Gasteiger partial charge in [-0.1, -0.05) is 11.6 Å². The van der Waals surface area contributed by atoms with Crippen molar-refractivity contribution < 1.29 is 14.5 Å². The Morgan fingerprint density at radius 1 is 1.04 bits per heavy atom. The van der Waals surface area contributed by atoms with Gasteiger partial charge >= 0.3 is 0 Å². The predicted molar refractivity (Wildman–Crippen MR) is 96.7 cm³/mol. The van der Waals surface area contributed by atoms with Crippen molar-refractivity contribution in [2.45, 2.75) is 62.2 Å². The van der Waals surface area contributed by atoms with E-state index in [9.17, 15) is 0 Å². The first kappa shape index (κ1) is 16.8. The minimum atomic E-state index is -0.858. The fourth-order valence-electron chi connectivity index (χ4n) is 6.48. The summed E-state index contributed by atoms with van der Waals surface area (Å²) >= 11 is 13.3. The second kappa shape index (κ2) is 5.14. The van der Waals surface area contributed by atoms with Gasteiger partial charge in [0.1, 0.15) is 0 Å². The van der Waals surface area contributed by atoms with E-state index in [1.54, 1.807) is 7.11 Å². The lowest BCUT2D eigenvalue weighted by atomic mass is 9.46. The van der Waals surface area contributed by atoms with Crippen molar-refractivity contribution in [3.05, 3.63) is 33.8 Å². The number of benzene rings is 1. The second-order valence-corrected chi connectivity index (χ2v) is 9.88. The Labute approximate surface area is 158 Å². The number of ether oxygens (including phenoxy) is 1. The molecule has 3 atom stereocenters. The summed E-state index contributed by atoms with van der Waals surface area (Å²) in [7, 11) is 1.73. The number of halogens is 2. The summed E-state index contributed by atoms with van der Waals surface area (Å²) in [6.45, 7) is 4.05. The van der Waals surface area contributed by atoms with E-state index in [2.05, 4.69) is 12.1 Å². The van der Waals surface area contributed by atoms with Crippen LogP contribution in [0.15, 0.2) is 12.1 Å². The van der Waals surface area contributed by atoms with Crippen LogP contribution in [0.25, 0.3) is 0 Å². The van der Waals surface area contributed by atoms with Crippen molar-refractivity contribution >= 4 is 23.2 Å². The standard InChI is InChI=1S/C20H24Cl2O3/c1-11-4-14(5-12(2)17(11)21)20(23-3)19(24-25-20)15-6-13-7-16(19)10-18(22,8-13)9-15/h4-5,13,15-16H,6-10H2,1-3H3. The van der Waals surface area contributed by atoms with Gasteiger partial charge in [0.05, 0.1) is 0 Å². The molecule has 136 valence electrons. The first-order valence-electron chi connectivity index (χ1n) is 9.22. The van der Waals surface area contributed by atoms with Gasteiger partial charge in [-0.3, -0.25) is 0 Å². The average Bonchev–Trinajstić information content (AvgIpc) is 2.50. The Kier molecular flexibility index (Phi) is 3.46. The number of rotatable bonds is 2. The molecule has 5 aliphatic rings. The lowest BCUT2D eigenvalue weighted by molar-refractivity contribution is -0.645. The van der Waals surface area contributed by atoms with Gasteiger partial charge in [-0.2, -0.15) is 4.89 Å². The zero-order valence-electron chi connectivity index (χ0n) is 14.9. The summed E-state index contributed by atoms with van der Waals surface area (Å²) in [5.41, 5.74) is 2.66. The second-order valence-electron chi connectivity index (χ2n) is 8.70. The summed E-state index contributed by atoms with van der Waals surface area (Å²) in [5.74, 6) is 0.610. The van der Waals surface area contributed by atoms with Crippen LogP contribution in [0.4, 0.5) is 0 Å². The predicted octanol–water partition coefficient (Wildman–Crippen LogP) is 5.27. The van der Waals surface area contributed by atoms with E-state index in [0.29, 0.717) is 17.8 Å². The van der Waals surface area contributed by atoms with Gasteiger partial charge in [-0.05, 0) is 87.0 Å². The van der Waals surface area contributed by atoms with Crippen molar-refractivity contribution in [2.75, 3.05) is 7.11 Å². The zero-order chi connectivity index (χ0) is 17.6. The van der Waals surface area contributed by atoms with Crippen molar-refractivity contribution in [1.29, 1.82) is 0 Å². The maximum Gasteiger partial charge on any atom is 0.260 e. The highest BCUT2D eigenvalue weighted by Crippen LogP contribution is 2.71. The van der Waals surface area contributed by atoms with Crippen LogP contribution in [0.3, 0.4) is 0 Å². The third-order valence-corrected chi connectivity index (χ3v) is 8.30. The first-order valence-corrected chi connectivity index (χ1v) is 9.97. The molecule has 5 fully saturated rings. The third kappa shape index (κ3) is 1.94. The number of alkyl halides is 1. The smallest absolute Gasteiger partial charge is 0.260 e. The Morgan fingerprint density at radius 2 is 1.64 bits per heavy atom. The van der Waals surface area contributed by atoms with Crippen molar-refractivity contribution in [1.82, 2.24) is 0 Å². The maximum absolute atomic E-state index is 6.94. The highest BCUT2D eigenvalue weighted by molar-refractivity contribution is 6.32. The SMILES string of the molecule is COC1(c2cc(C)c(Cl)c(C)c2)OOC12C1CC3CC2CC(Cl)(C3)C1. The molecule has 3 unspecified atom stereocenters. The van der Waals surface area contributed by atoms with E-state index in [0.717, 1.165) is 53.8 Å². The fraction of sp³-hybridized carbons (Fsp3) is 0.700. The summed E-state index contributed by atoms with van der Waals surface area (Å²) in [5, 5.41) is 0.800. The van der Waals surface area contributed by atoms with Gasteiger partial charge in [0, 0.05) is 22.6 Å². The summed E-state index contributed by atoms with van der Waals surface area (Å²) in [6, 6.07) is 4.18. The molecular formula is C20H24Cl2O3. The van der Waals surface area contributed by atoms with Gasteiger partial charge in [0.15, 0.2) is 5.60 Å². The molecule has 0 aromatic heterocycles. The van der Waals surface area contributed by atoms with Gasteiger partial charge in [-0.15, -0.1) is 11.6 Å². The molecule has 4 aliphatic carbocycles. The van der Waals surface area contributed by atoms with Crippen LogP contribution in [0, 0.1) is 31.6 Å². The first-order chi connectivity index (χ1) is 11.8. The number of hydrogen-bond acceptors (Lipinski definition) is 3. The van der Waals surface area contributed by atoms with Crippen LogP contribution in [0.1, 0.15) is 48.8 Å². The molecule has 3 nitrogen and oxygen atoms in total. The van der Waals surface area contributed by atoms with Gasteiger partial charge in [0.2, 0.25) is 0 Å². The molecule has 1 aromatic carbocycles. The highest BCUT2D eigenvalue weighted by Gasteiger charge is 2.78. The Morgan fingerprint density at radius 3 is 2.08 bits per heavy atom. The molecule has 6 rings (SSSR count). The van der Waals surface area contributed by atoms with E-state index in [1.807, 2.05) is 13.8 Å². The molecule has 1 heterocycles. The van der Waals surface area contributed by atoms with E-state index in [1.165, 1.54) is 0 Å². The van der Waals surface area contributed by atoms with Crippen LogP contribution in [0.5, 0.6) is 0 Å². The fourth-order valence-corrected chi connectivity index (χ4v) is 7.18. The Hall–Kier alpha value is -0.320. The van der Waals surface area contributed by atoms with Crippen LogP contribution < -0.4 is 0 Å². The lowest BCUT2D eigenvalue weighted by Gasteiger charge is -2.70. The van der Waals surface area contributed by atoms with Crippen LogP contribution >= 0.6 is 23.2 Å². The molecule has 0 N–H and O–H groups in total. The zero-order valence-corrected chi connectivity index (χ0v) is 16.4. The molecule has 5 heteroatoms. The van der Waals surface area contributed by atoms with Gasteiger partial charge < -0.3 is 4.74 Å². The molecule has 1 spiro atoms. The van der Waals surface area contributed by atoms with E-state index in [4.69, 9.17) is 37.7 Å². The third-order valence-electron chi connectivity index (χ3n) is 7.24. The molecule has 1 saturated heterocycles. The number of methoxy groups -OCH3 is 1. The quantitative estimate of drug-likeness (QED) is 0.514. The van der Waals surface area contributed by atoms with Crippen LogP contribution in [-0.2, 0) is 20.3 Å². The molecule has 1 aromatic rings. The van der Waals surface area contributed by atoms with Crippen LogP contribution in [0.2, 0.25) is 5.02 Å². The minimum Gasteiger partial charge on any atom is -0.345 e. The Bertz CT molecular complexity index is 705. The van der Waals surface area contributed by atoms with Crippen molar-refractivity contribution in [3.8, 4) is 0 Å². The summed E-state index contributed by atoms with van der Waals surface area (Å²) in [6.07, 6.45) is 5.44. The summed E-state index contributed by atoms with van der Waals surface area (Å²) in [4.78, 5) is 11.8. The monoisotopic (exact) mass is 382 g/mol. The minimum absolute atomic E-state index is 0.0496. The number of aryl methyl sites for hydroxylation is 2.